The van der Waals surface area contributed by atoms with Crippen molar-refractivity contribution in [3.05, 3.63) is 12.2 Å². The van der Waals surface area contributed by atoms with Gasteiger partial charge in [0.25, 0.3) is 0 Å². The molecule has 0 bridgehead atoms. The molecule has 0 N–H and O–H groups in total. The highest BCUT2D eigenvalue weighted by molar-refractivity contribution is 5.72. The van der Waals surface area contributed by atoms with E-state index in [0.29, 0.717) is 11.8 Å². The molecule has 3 aliphatic rings. The lowest BCUT2D eigenvalue weighted by atomic mass is 9.88. The van der Waals surface area contributed by atoms with Crippen molar-refractivity contribution in [3.63, 3.8) is 0 Å². The van der Waals surface area contributed by atoms with Crippen LogP contribution in [0.3, 0.4) is 0 Å². The first-order valence-corrected chi connectivity index (χ1v) is 5.45. The van der Waals surface area contributed by atoms with Gasteiger partial charge in [-0.05, 0) is 29.7 Å². The van der Waals surface area contributed by atoms with Crippen LogP contribution >= 0.6 is 0 Å². The second-order valence-corrected chi connectivity index (χ2v) is 5.56. The van der Waals surface area contributed by atoms with Crippen molar-refractivity contribution >= 4 is 5.97 Å². The minimum atomic E-state index is -0.216. The molecule has 3 atom stereocenters. The van der Waals surface area contributed by atoms with Crippen LogP contribution in [0, 0.1) is 17.3 Å². The predicted octanol–water partition coefficient (Wildman–Crippen LogP) is 2.29. The largest absolute Gasteiger partial charge is 0.455 e. The number of rotatable bonds is 0. The van der Waals surface area contributed by atoms with E-state index in [2.05, 4.69) is 26.0 Å². The van der Waals surface area contributed by atoms with Gasteiger partial charge in [-0.25, -0.2) is 0 Å². The van der Waals surface area contributed by atoms with Gasteiger partial charge in [-0.2, -0.15) is 0 Å². The predicted molar refractivity (Wildman–Crippen MR) is 52.6 cm³/mol. The molecular formula is C12H16O2. The van der Waals surface area contributed by atoms with Crippen LogP contribution < -0.4 is 0 Å². The molecule has 76 valence electrons. The molecule has 1 spiro atoms. The summed E-state index contributed by atoms with van der Waals surface area (Å²) in [5, 5.41) is 0. The maximum Gasteiger partial charge on any atom is 0.306 e. The van der Waals surface area contributed by atoms with Crippen molar-refractivity contribution in [1.82, 2.24) is 0 Å². The van der Waals surface area contributed by atoms with E-state index < -0.39 is 0 Å². The van der Waals surface area contributed by atoms with E-state index in [1.54, 1.807) is 0 Å². The second kappa shape index (κ2) is 2.23. The summed E-state index contributed by atoms with van der Waals surface area (Å²) in [4.78, 5) is 11.1. The zero-order valence-electron chi connectivity index (χ0n) is 8.75. The summed E-state index contributed by atoms with van der Waals surface area (Å²) in [6.45, 7) is 4.62. The molecule has 0 aromatic carbocycles. The molecule has 14 heavy (non-hydrogen) atoms. The molecule has 1 saturated heterocycles. The second-order valence-electron chi connectivity index (χ2n) is 5.56. The van der Waals surface area contributed by atoms with Gasteiger partial charge >= 0.3 is 5.97 Å². The summed E-state index contributed by atoms with van der Waals surface area (Å²) >= 11 is 0. The number of carbonyl (C=O) groups excluding carboxylic acids is 1. The van der Waals surface area contributed by atoms with Crippen molar-refractivity contribution in [1.29, 1.82) is 0 Å². The third-order valence-corrected chi connectivity index (χ3v) is 4.38. The quantitative estimate of drug-likeness (QED) is 0.435. The van der Waals surface area contributed by atoms with Gasteiger partial charge in [-0.1, -0.05) is 19.9 Å². The van der Waals surface area contributed by atoms with Gasteiger partial charge in [0.2, 0.25) is 0 Å². The van der Waals surface area contributed by atoms with Crippen molar-refractivity contribution in [2.45, 2.75) is 38.7 Å². The molecule has 3 rings (SSSR count). The average molecular weight is 192 g/mol. The van der Waals surface area contributed by atoms with E-state index in [1.807, 2.05) is 0 Å². The molecule has 0 amide bonds. The fourth-order valence-electron chi connectivity index (χ4n) is 3.18. The molecule has 2 nitrogen and oxygen atoms in total. The van der Waals surface area contributed by atoms with E-state index in [4.69, 9.17) is 4.74 Å². The van der Waals surface area contributed by atoms with E-state index in [-0.39, 0.29) is 11.6 Å². The van der Waals surface area contributed by atoms with Gasteiger partial charge < -0.3 is 4.74 Å². The van der Waals surface area contributed by atoms with Crippen LogP contribution in [0.2, 0.25) is 0 Å². The standard InChI is InChI=1S/C12H16O2/c1-11(2)8-3-5-12(7-9(8)11)6-4-10(13)14-12/h3,5,8-9H,4,6-7H2,1-2H3/t8-,9+,12-/m1/s1. The molecule has 2 aliphatic carbocycles. The molecule has 2 heteroatoms. The fourth-order valence-corrected chi connectivity index (χ4v) is 3.18. The summed E-state index contributed by atoms with van der Waals surface area (Å²) < 4.78 is 5.45. The van der Waals surface area contributed by atoms with Crippen LogP contribution in [0.5, 0.6) is 0 Å². The SMILES string of the molecule is CC1(C)[C@@H]2C=C[C@@]3(CCC(=O)O3)C[C@@H]21. The number of carbonyl (C=O) groups is 1. The molecule has 1 saturated carbocycles. The zero-order valence-corrected chi connectivity index (χ0v) is 8.75. The molecule has 0 radical (unpaired) electrons. The van der Waals surface area contributed by atoms with Crippen LogP contribution in [0.4, 0.5) is 0 Å². The minimum absolute atomic E-state index is 0.0217. The first-order chi connectivity index (χ1) is 6.54. The molecule has 1 aliphatic heterocycles. The van der Waals surface area contributed by atoms with E-state index >= 15 is 0 Å². The third-order valence-electron chi connectivity index (χ3n) is 4.38. The van der Waals surface area contributed by atoms with Crippen molar-refractivity contribution in [3.8, 4) is 0 Å². The Balaban J connectivity index is 1.85. The Bertz CT molecular complexity index is 329. The Kier molecular flexibility index (Phi) is 1.36. The van der Waals surface area contributed by atoms with Gasteiger partial charge in [0, 0.05) is 12.8 Å². The van der Waals surface area contributed by atoms with Crippen LogP contribution in [-0.2, 0) is 9.53 Å². The van der Waals surface area contributed by atoms with Gasteiger partial charge in [0.15, 0.2) is 0 Å². The number of hydrogen-bond donors (Lipinski definition) is 0. The summed E-state index contributed by atoms with van der Waals surface area (Å²) in [6.07, 6.45) is 6.96. The smallest absolute Gasteiger partial charge is 0.306 e. The monoisotopic (exact) mass is 192 g/mol. The molecule has 0 unspecified atom stereocenters. The highest BCUT2D eigenvalue weighted by Crippen LogP contribution is 2.65. The Hall–Kier alpha value is -0.790. The van der Waals surface area contributed by atoms with E-state index in [1.165, 1.54) is 0 Å². The van der Waals surface area contributed by atoms with Crippen LogP contribution in [0.25, 0.3) is 0 Å². The van der Waals surface area contributed by atoms with Crippen molar-refractivity contribution < 1.29 is 9.53 Å². The van der Waals surface area contributed by atoms with Crippen LogP contribution in [0.15, 0.2) is 12.2 Å². The van der Waals surface area contributed by atoms with Gasteiger partial charge in [0.05, 0.1) is 0 Å². The number of allylic oxidation sites excluding steroid dienone is 1. The lowest BCUT2D eigenvalue weighted by Gasteiger charge is -2.26. The zero-order chi connectivity index (χ0) is 9.97. The number of hydrogen-bond acceptors (Lipinski definition) is 2. The Morgan fingerprint density at radius 2 is 2.29 bits per heavy atom. The normalized spacial score (nSPS) is 47.7. The van der Waals surface area contributed by atoms with E-state index in [0.717, 1.165) is 24.7 Å². The van der Waals surface area contributed by atoms with Crippen LogP contribution in [-0.4, -0.2) is 11.6 Å². The lowest BCUT2D eigenvalue weighted by Crippen LogP contribution is -2.28. The average Bonchev–Trinajstić information content (AvgIpc) is 2.48. The topological polar surface area (TPSA) is 26.3 Å². The first-order valence-electron chi connectivity index (χ1n) is 5.45. The van der Waals surface area contributed by atoms with Gasteiger partial charge in [-0.3, -0.25) is 4.79 Å². The summed E-state index contributed by atoms with van der Waals surface area (Å²) in [5.74, 6) is 1.44. The Morgan fingerprint density at radius 3 is 2.86 bits per heavy atom. The number of esters is 1. The summed E-state index contributed by atoms with van der Waals surface area (Å²) in [6, 6.07) is 0. The van der Waals surface area contributed by atoms with Gasteiger partial charge in [-0.15, -0.1) is 0 Å². The Morgan fingerprint density at radius 1 is 1.50 bits per heavy atom. The van der Waals surface area contributed by atoms with Gasteiger partial charge in [0.1, 0.15) is 5.60 Å². The first kappa shape index (κ1) is 8.51. The summed E-state index contributed by atoms with van der Waals surface area (Å²) in [5.41, 5.74) is 0.223. The maximum absolute atomic E-state index is 11.1. The molecule has 0 aromatic heterocycles. The lowest BCUT2D eigenvalue weighted by molar-refractivity contribution is -0.146. The summed E-state index contributed by atoms with van der Waals surface area (Å²) in [7, 11) is 0. The van der Waals surface area contributed by atoms with Crippen LogP contribution in [0.1, 0.15) is 33.1 Å². The maximum atomic E-state index is 11.1. The number of ether oxygens (including phenoxy) is 1. The number of fused-ring (bicyclic) bond motifs is 1. The van der Waals surface area contributed by atoms with E-state index in [9.17, 15) is 4.79 Å². The molecule has 1 heterocycles. The van der Waals surface area contributed by atoms with Crippen molar-refractivity contribution in [2.24, 2.45) is 17.3 Å². The molecule has 0 aromatic rings. The molecule has 2 fully saturated rings. The Labute approximate surface area is 84.3 Å². The third kappa shape index (κ3) is 0.943. The highest BCUT2D eigenvalue weighted by atomic mass is 16.6. The fraction of sp³-hybridized carbons (Fsp3) is 0.750. The van der Waals surface area contributed by atoms with Crippen molar-refractivity contribution in [2.75, 3.05) is 0 Å². The highest BCUT2D eigenvalue weighted by Gasteiger charge is 2.61. The molecular weight excluding hydrogens is 176 g/mol. The minimum Gasteiger partial charge on any atom is -0.455 e.